The minimum absolute atomic E-state index is 0.0127. The Morgan fingerprint density at radius 2 is 1.79 bits per heavy atom. The zero-order valence-corrected chi connectivity index (χ0v) is 11.2. The van der Waals surface area contributed by atoms with Crippen LogP contribution in [0.15, 0.2) is 18.2 Å². The van der Waals surface area contributed by atoms with Gasteiger partial charge < -0.3 is 15.5 Å². The van der Waals surface area contributed by atoms with E-state index in [1.807, 2.05) is 6.92 Å². The second-order valence-electron chi connectivity index (χ2n) is 5.18. The Bertz CT molecular complexity index is 452. The molecule has 5 nitrogen and oxygen atoms in total. The molecule has 0 heterocycles. The van der Waals surface area contributed by atoms with Crippen LogP contribution in [0, 0.1) is 0 Å². The molecule has 1 aromatic carbocycles. The summed E-state index contributed by atoms with van der Waals surface area (Å²) in [7, 11) is 0. The summed E-state index contributed by atoms with van der Waals surface area (Å²) >= 11 is 0. The Morgan fingerprint density at radius 1 is 1.21 bits per heavy atom. The molecule has 0 radical (unpaired) electrons. The topological polar surface area (TPSA) is 81.6 Å². The van der Waals surface area contributed by atoms with Gasteiger partial charge in [0.2, 0.25) is 5.91 Å². The number of phenolic OH excluding ortho intramolecular Hbond substituents is 2. The number of rotatable bonds is 5. The number of hydrogen-bond donors (Lipinski definition) is 4. The van der Waals surface area contributed by atoms with Crippen LogP contribution in [-0.4, -0.2) is 28.2 Å². The molecule has 1 amide bonds. The van der Waals surface area contributed by atoms with Gasteiger partial charge in [-0.25, -0.2) is 0 Å². The number of nitrogens with one attached hydrogen (secondary N) is 2. The number of aromatic hydroxyl groups is 2. The Morgan fingerprint density at radius 3 is 2.32 bits per heavy atom. The van der Waals surface area contributed by atoms with Gasteiger partial charge in [0.15, 0.2) is 0 Å². The van der Waals surface area contributed by atoms with Crippen molar-refractivity contribution in [3.8, 4) is 11.5 Å². The quantitative estimate of drug-likeness (QED) is 0.648. The fourth-order valence-corrected chi connectivity index (χ4v) is 1.97. The number of benzene rings is 1. The molecule has 1 aliphatic carbocycles. The van der Waals surface area contributed by atoms with Crippen LogP contribution in [0.3, 0.4) is 0 Å². The Balaban J connectivity index is 1.94. The van der Waals surface area contributed by atoms with Crippen molar-refractivity contribution in [2.24, 2.45) is 0 Å². The van der Waals surface area contributed by atoms with Gasteiger partial charge in [-0.3, -0.25) is 10.1 Å². The first-order valence-electron chi connectivity index (χ1n) is 6.55. The molecule has 0 bridgehead atoms. The second-order valence-corrected chi connectivity index (χ2v) is 5.18. The maximum Gasteiger partial charge on any atom is 0.237 e. The van der Waals surface area contributed by atoms with Crippen LogP contribution in [0.5, 0.6) is 11.5 Å². The van der Waals surface area contributed by atoms with Gasteiger partial charge in [0, 0.05) is 18.2 Å². The molecule has 4 N–H and O–H groups in total. The molecule has 19 heavy (non-hydrogen) atoms. The molecular formula is C14H20N2O3. The number of amides is 1. The van der Waals surface area contributed by atoms with Crippen LogP contribution in [0.2, 0.25) is 0 Å². The van der Waals surface area contributed by atoms with Crippen molar-refractivity contribution in [2.75, 3.05) is 0 Å². The first kappa shape index (κ1) is 13.7. The Hall–Kier alpha value is -1.75. The summed E-state index contributed by atoms with van der Waals surface area (Å²) in [4.78, 5) is 11.8. The first-order chi connectivity index (χ1) is 8.95. The lowest BCUT2D eigenvalue weighted by Crippen LogP contribution is -2.43. The fourth-order valence-electron chi connectivity index (χ4n) is 1.97. The van der Waals surface area contributed by atoms with E-state index in [9.17, 15) is 15.0 Å². The lowest BCUT2D eigenvalue weighted by molar-refractivity contribution is -0.123. The van der Waals surface area contributed by atoms with Gasteiger partial charge in [0.05, 0.1) is 6.04 Å². The van der Waals surface area contributed by atoms with Crippen LogP contribution in [0.25, 0.3) is 0 Å². The first-order valence-corrected chi connectivity index (χ1v) is 6.55. The molecule has 0 aliphatic heterocycles. The average Bonchev–Trinajstić information content (AvgIpc) is 3.11. The Kier molecular flexibility index (Phi) is 3.95. The predicted octanol–water partition coefficient (Wildman–Crippen LogP) is 1.42. The van der Waals surface area contributed by atoms with Crippen LogP contribution in [0.4, 0.5) is 0 Å². The second kappa shape index (κ2) is 5.48. The van der Waals surface area contributed by atoms with Gasteiger partial charge in [-0.2, -0.15) is 0 Å². The molecule has 2 atom stereocenters. The fraction of sp³-hybridized carbons (Fsp3) is 0.500. The number of carbonyl (C=O) groups excluding carboxylic acids is 1. The standard InChI is InChI=1S/C14H20N2O3/c1-8(10-5-12(17)7-13(18)6-10)15-9(2)14(19)16-11-3-4-11/h5-9,11,15,17-18H,3-4H2,1-2H3,(H,16,19). The third kappa shape index (κ3) is 3.86. The Labute approximate surface area is 112 Å². The van der Waals surface area contributed by atoms with Crippen molar-refractivity contribution in [1.29, 1.82) is 0 Å². The zero-order chi connectivity index (χ0) is 14.0. The number of carbonyl (C=O) groups is 1. The van der Waals surface area contributed by atoms with Gasteiger partial charge in [0.1, 0.15) is 11.5 Å². The highest BCUT2D eigenvalue weighted by Gasteiger charge is 2.26. The minimum atomic E-state index is -0.319. The molecule has 5 heteroatoms. The molecule has 104 valence electrons. The van der Waals surface area contributed by atoms with E-state index in [-0.39, 0.29) is 29.5 Å². The van der Waals surface area contributed by atoms with Crippen LogP contribution in [0.1, 0.15) is 38.3 Å². The van der Waals surface area contributed by atoms with Crippen LogP contribution in [-0.2, 0) is 4.79 Å². The number of hydrogen-bond acceptors (Lipinski definition) is 4. The average molecular weight is 264 g/mol. The maximum absolute atomic E-state index is 11.8. The normalized spacial score (nSPS) is 17.8. The molecule has 2 rings (SSSR count). The lowest BCUT2D eigenvalue weighted by atomic mass is 10.1. The SMILES string of the molecule is CC(NC(C)c1cc(O)cc(O)c1)C(=O)NC1CC1. The predicted molar refractivity (Wildman–Crippen MR) is 71.9 cm³/mol. The molecule has 0 spiro atoms. The zero-order valence-electron chi connectivity index (χ0n) is 11.2. The van der Waals surface area contributed by atoms with Crippen molar-refractivity contribution in [2.45, 2.75) is 44.8 Å². The summed E-state index contributed by atoms with van der Waals surface area (Å²) in [5, 5.41) is 25.0. The van der Waals surface area contributed by atoms with Crippen LogP contribution >= 0.6 is 0 Å². The molecule has 1 aromatic rings. The van der Waals surface area contributed by atoms with E-state index in [4.69, 9.17) is 0 Å². The van der Waals surface area contributed by atoms with E-state index in [2.05, 4.69) is 10.6 Å². The highest BCUT2D eigenvalue weighted by atomic mass is 16.3. The van der Waals surface area contributed by atoms with Crippen molar-refractivity contribution >= 4 is 5.91 Å². The molecule has 0 aromatic heterocycles. The van der Waals surface area contributed by atoms with E-state index in [0.717, 1.165) is 18.4 Å². The van der Waals surface area contributed by atoms with Gasteiger partial charge in [-0.15, -0.1) is 0 Å². The van der Waals surface area contributed by atoms with E-state index in [0.29, 0.717) is 6.04 Å². The van der Waals surface area contributed by atoms with Crippen molar-refractivity contribution in [3.05, 3.63) is 23.8 Å². The monoisotopic (exact) mass is 264 g/mol. The van der Waals surface area contributed by atoms with Crippen molar-refractivity contribution < 1.29 is 15.0 Å². The summed E-state index contributed by atoms with van der Waals surface area (Å²) in [6, 6.07) is 4.31. The molecule has 2 unspecified atom stereocenters. The van der Waals surface area contributed by atoms with E-state index < -0.39 is 0 Å². The third-order valence-electron chi connectivity index (χ3n) is 3.24. The van der Waals surface area contributed by atoms with Crippen LogP contribution < -0.4 is 10.6 Å². The van der Waals surface area contributed by atoms with Gasteiger partial charge >= 0.3 is 0 Å². The number of phenols is 2. The minimum Gasteiger partial charge on any atom is -0.508 e. The largest absolute Gasteiger partial charge is 0.508 e. The summed E-state index contributed by atoms with van der Waals surface area (Å²) in [5.41, 5.74) is 0.739. The molecule has 1 saturated carbocycles. The van der Waals surface area contributed by atoms with E-state index in [1.165, 1.54) is 6.07 Å². The smallest absolute Gasteiger partial charge is 0.237 e. The highest BCUT2D eigenvalue weighted by Crippen LogP contribution is 2.25. The van der Waals surface area contributed by atoms with E-state index in [1.54, 1.807) is 19.1 Å². The molecule has 0 saturated heterocycles. The summed E-state index contributed by atoms with van der Waals surface area (Å²) < 4.78 is 0. The maximum atomic E-state index is 11.8. The highest BCUT2D eigenvalue weighted by molar-refractivity contribution is 5.81. The summed E-state index contributed by atoms with van der Waals surface area (Å²) in [6.07, 6.45) is 2.13. The third-order valence-corrected chi connectivity index (χ3v) is 3.24. The molecular weight excluding hydrogens is 244 g/mol. The van der Waals surface area contributed by atoms with Gasteiger partial charge in [0.25, 0.3) is 0 Å². The van der Waals surface area contributed by atoms with Crippen molar-refractivity contribution in [1.82, 2.24) is 10.6 Å². The van der Waals surface area contributed by atoms with E-state index >= 15 is 0 Å². The molecule has 1 fully saturated rings. The van der Waals surface area contributed by atoms with Gasteiger partial charge in [-0.05, 0) is 44.4 Å². The molecule has 1 aliphatic rings. The summed E-state index contributed by atoms with van der Waals surface area (Å²) in [5.74, 6) is 0.0104. The van der Waals surface area contributed by atoms with Gasteiger partial charge in [-0.1, -0.05) is 0 Å². The lowest BCUT2D eigenvalue weighted by Gasteiger charge is -2.20. The summed E-state index contributed by atoms with van der Waals surface area (Å²) in [6.45, 7) is 3.69. The van der Waals surface area contributed by atoms with Crippen molar-refractivity contribution in [3.63, 3.8) is 0 Å².